The fraction of sp³-hybridized carbons (Fsp3) is 0.200. The molecule has 1 aromatic carbocycles. The van der Waals surface area contributed by atoms with Crippen LogP contribution in [0.3, 0.4) is 0 Å². The predicted octanol–water partition coefficient (Wildman–Crippen LogP) is 4.59. The number of hydrogen-bond donors (Lipinski definition) is 0. The second-order valence-electron chi connectivity index (χ2n) is 6.02. The van der Waals surface area contributed by atoms with Crippen LogP contribution in [-0.2, 0) is 19.2 Å². The molecule has 0 saturated carbocycles. The fourth-order valence-corrected chi connectivity index (χ4v) is 3.77. The molecule has 4 rings (SSSR count). The van der Waals surface area contributed by atoms with Crippen molar-refractivity contribution in [3.8, 4) is 11.3 Å². The second-order valence-corrected chi connectivity index (χ2v) is 6.97. The third-order valence-corrected chi connectivity index (χ3v) is 5.32. The number of hydrogen-bond acceptors (Lipinski definition) is 3. The Morgan fingerprint density at radius 2 is 1.84 bits per heavy atom. The summed E-state index contributed by atoms with van der Waals surface area (Å²) in [5.74, 6) is 0.809. The maximum Gasteiger partial charge on any atom is 0.168 e. The van der Waals surface area contributed by atoms with Crippen LogP contribution in [0.2, 0.25) is 0 Å². The van der Waals surface area contributed by atoms with Gasteiger partial charge in [-0.25, -0.2) is 9.97 Å². The normalized spacial score (nSPS) is 11.3. The third kappa shape index (κ3) is 3.20. The van der Waals surface area contributed by atoms with Crippen molar-refractivity contribution in [3.05, 3.63) is 72.3 Å². The molecule has 0 aliphatic rings. The summed E-state index contributed by atoms with van der Waals surface area (Å²) in [6, 6.07) is 14.5. The first-order valence-corrected chi connectivity index (χ1v) is 9.40. The number of aryl methyl sites for hydroxylation is 2. The van der Waals surface area contributed by atoms with Crippen LogP contribution in [0.15, 0.2) is 66.2 Å². The number of aromatic nitrogens is 4. The van der Waals surface area contributed by atoms with E-state index in [4.69, 9.17) is 9.97 Å². The number of imidazole rings is 2. The van der Waals surface area contributed by atoms with Crippen LogP contribution >= 0.6 is 11.8 Å². The van der Waals surface area contributed by atoms with Gasteiger partial charge >= 0.3 is 0 Å². The Kier molecular flexibility index (Phi) is 4.32. The summed E-state index contributed by atoms with van der Waals surface area (Å²) in [7, 11) is 2.04. The Morgan fingerprint density at radius 1 is 1.00 bits per heavy atom. The van der Waals surface area contributed by atoms with Crippen molar-refractivity contribution in [1.29, 1.82) is 0 Å². The smallest absolute Gasteiger partial charge is 0.168 e. The zero-order chi connectivity index (χ0) is 17.2. The molecule has 0 N–H and O–H groups in total. The quantitative estimate of drug-likeness (QED) is 0.495. The van der Waals surface area contributed by atoms with Gasteiger partial charge in [0.1, 0.15) is 5.65 Å². The van der Waals surface area contributed by atoms with Gasteiger partial charge in [0.2, 0.25) is 0 Å². The molecule has 3 aromatic heterocycles. The van der Waals surface area contributed by atoms with Gasteiger partial charge < -0.3 is 8.97 Å². The zero-order valence-corrected chi connectivity index (χ0v) is 15.2. The van der Waals surface area contributed by atoms with Crippen LogP contribution < -0.4 is 0 Å². The maximum absolute atomic E-state index is 4.80. The van der Waals surface area contributed by atoms with Crippen molar-refractivity contribution in [1.82, 2.24) is 18.9 Å². The van der Waals surface area contributed by atoms with E-state index < -0.39 is 0 Å². The molecule has 0 saturated heterocycles. The number of rotatable bonds is 5. The molecule has 0 spiro atoms. The molecule has 4 aromatic rings. The molecule has 4 nitrogen and oxygen atoms in total. The lowest BCUT2D eigenvalue weighted by molar-refractivity contribution is 0.790. The van der Waals surface area contributed by atoms with Gasteiger partial charge in [-0.3, -0.25) is 0 Å². The Bertz CT molecular complexity index is 1000. The molecule has 0 bridgehead atoms. The molecule has 0 amide bonds. The first-order valence-electron chi connectivity index (χ1n) is 8.41. The first-order chi connectivity index (χ1) is 12.2. The van der Waals surface area contributed by atoms with Crippen LogP contribution in [0.1, 0.15) is 18.2 Å². The monoisotopic (exact) mass is 348 g/mol. The van der Waals surface area contributed by atoms with E-state index >= 15 is 0 Å². The van der Waals surface area contributed by atoms with E-state index in [1.807, 2.05) is 25.2 Å². The van der Waals surface area contributed by atoms with Crippen molar-refractivity contribution in [2.24, 2.45) is 7.05 Å². The molecule has 0 fully saturated rings. The Labute approximate surface area is 151 Å². The maximum atomic E-state index is 4.80. The van der Waals surface area contributed by atoms with Gasteiger partial charge in [-0.1, -0.05) is 55.1 Å². The Morgan fingerprint density at radius 3 is 2.64 bits per heavy atom. The summed E-state index contributed by atoms with van der Waals surface area (Å²) >= 11 is 1.72. The molecule has 0 atom stereocenters. The van der Waals surface area contributed by atoms with Crippen molar-refractivity contribution in [2.45, 2.75) is 24.3 Å². The Hall–Kier alpha value is -2.53. The molecular formula is C20H20N4S. The largest absolute Gasteiger partial charge is 0.328 e. The van der Waals surface area contributed by atoms with E-state index in [9.17, 15) is 0 Å². The summed E-state index contributed by atoms with van der Waals surface area (Å²) in [4.78, 5) is 9.57. The second kappa shape index (κ2) is 6.76. The lowest BCUT2D eigenvalue weighted by atomic mass is 10.2. The molecule has 0 unspecified atom stereocenters. The number of nitrogens with zero attached hydrogens (tertiary/aromatic N) is 4. The summed E-state index contributed by atoms with van der Waals surface area (Å²) in [6.45, 7) is 2.16. The number of fused-ring (bicyclic) bond motifs is 1. The Balaban J connectivity index is 1.55. The molecule has 3 heterocycles. The first kappa shape index (κ1) is 16.0. The highest BCUT2D eigenvalue weighted by molar-refractivity contribution is 7.98. The van der Waals surface area contributed by atoms with Gasteiger partial charge in [0.25, 0.3) is 0 Å². The fourth-order valence-electron chi connectivity index (χ4n) is 2.94. The highest BCUT2D eigenvalue weighted by Crippen LogP contribution is 2.26. The van der Waals surface area contributed by atoms with Gasteiger partial charge in [-0.15, -0.1) is 0 Å². The highest BCUT2D eigenvalue weighted by Gasteiger charge is 2.10. The average Bonchev–Trinajstić information content (AvgIpc) is 3.23. The van der Waals surface area contributed by atoms with Crippen molar-refractivity contribution in [2.75, 3.05) is 0 Å². The summed E-state index contributed by atoms with van der Waals surface area (Å²) in [5, 5.41) is 1.01. The number of benzene rings is 1. The SMILES string of the molecule is CCc1cccn2cc(CSc3nc(-c4ccccc4)cn3C)nc12. The van der Waals surface area contributed by atoms with Crippen LogP contribution in [0.5, 0.6) is 0 Å². The van der Waals surface area contributed by atoms with Crippen LogP contribution in [0.4, 0.5) is 0 Å². The number of thioether (sulfide) groups is 1. The van der Waals surface area contributed by atoms with Gasteiger partial charge in [-0.2, -0.15) is 0 Å². The molecule has 126 valence electrons. The van der Waals surface area contributed by atoms with E-state index in [2.05, 4.69) is 58.7 Å². The van der Waals surface area contributed by atoms with Gasteiger partial charge in [0, 0.05) is 37.0 Å². The van der Waals surface area contributed by atoms with Crippen LogP contribution in [0.25, 0.3) is 16.9 Å². The van der Waals surface area contributed by atoms with Crippen molar-refractivity contribution in [3.63, 3.8) is 0 Å². The van der Waals surface area contributed by atoms with E-state index in [0.717, 1.165) is 39.9 Å². The van der Waals surface area contributed by atoms with Crippen molar-refractivity contribution < 1.29 is 0 Å². The molecule has 5 heteroatoms. The topological polar surface area (TPSA) is 35.1 Å². The molecule has 0 aliphatic heterocycles. The summed E-state index contributed by atoms with van der Waals surface area (Å²) in [6.07, 6.45) is 7.25. The zero-order valence-electron chi connectivity index (χ0n) is 14.4. The van der Waals surface area contributed by atoms with Gasteiger partial charge in [0.05, 0.1) is 11.4 Å². The van der Waals surface area contributed by atoms with Gasteiger partial charge in [-0.05, 0) is 18.1 Å². The van der Waals surface area contributed by atoms with Gasteiger partial charge in [0.15, 0.2) is 5.16 Å². The molecule has 0 radical (unpaired) electrons. The predicted molar refractivity (Wildman–Crippen MR) is 103 cm³/mol. The minimum atomic E-state index is 0.809. The molecule has 25 heavy (non-hydrogen) atoms. The molecule has 0 aliphatic carbocycles. The van der Waals surface area contributed by atoms with E-state index in [0.29, 0.717) is 0 Å². The van der Waals surface area contributed by atoms with Crippen molar-refractivity contribution >= 4 is 17.4 Å². The minimum absolute atomic E-state index is 0.809. The summed E-state index contributed by atoms with van der Waals surface area (Å²) < 4.78 is 4.20. The van der Waals surface area contributed by atoms with E-state index in [1.54, 1.807) is 11.8 Å². The lowest BCUT2D eigenvalue weighted by Gasteiger charge is -1.98. The average molecular weight is 348 g/mol. The summed E-state index contributed by atoms with van der Waals surface area (Å²) in [5.41, 5.74) is 5.57. The highest BCUT2D eigenvalue weighted by atomic mass is 32.2. The standard InChI is InChI=1S/C20H20N4S/c1-3-15-10-7-11-24-12-17(21-19(15)24)14-25-20-22-18(13-23(20)2)16-8-5-4-6-9-16/h4-13H,3,14H2,1-2H3. The van der Waals surface area contributed by atoms with Crippen LogP contribution in [0, 0.1) is 0 Å². The molecular weight excluding hydrogens is 328 g/mol. The third-order valence-electron chi connectivity index (χ3n) is 4.25. The van der Waals surface area contributed by atoms with E-state index in [1.165, 1.54) is 5.56 Å². The lowest BCUT2D eigenvalue weighted by Crippen LogP contribution is -1.90. The number of pyridine rings is 1. The minimum Gasteiger partial charge on any atom is -0.328 e. The van der Waals surface area contributed by atoms with E-state index in [-0.39, 0.29) is 0 Å². The van der Waals surface area contributed by atoms with Crippen LogP contribution in [-0.4, -0.2) is 18.9 Å².